The molecule has 25 heavy (non-hydrogen) atoms. The number of hydrogen-bond acceptors (Lipinski definition) is 3. The summed E-state index contributed by atoms with van der Waals surface area (Å²) in [4.78, 5) is 2.49. The highest BCUT2D eigenvalue weighted by molar-refractivity contribution is 5.72. The van der Waals surface area contributed by atoms with Crippen LogP contribution in [0.5, 0.6) is 5.75 Å². The van der Waals surface area contributed by atoms with Crippen molar-refractivity contribution in [2.24, 2.45) is 0 Å². The first-order chi connectivity index (χ1) is 12.2. The van der Waals surface area contributed by atoms with E-state index in [0.717, 1.165) is 29.9 Å². The van der Waals surface area contributed by atoms with E-state index in [1.165, 1.54) is 11.6 Å². The maximum absolute atomic E-state index is 13.8. The van der Waals surface area contributed by atoms with Gasteiger partial charge in [-0.2, -0.15) is 0 Å². The zero-order chi connectivity index (χ0) is 17.2. The summed E-state index contributed by atoms with van der Waals surface area (Å²) in [5.74, 6) is 0.493. The van der Waals surface area contributed by atoms with Crippen LogP contribution in [0.1, 0.15) is 17.5 Å². The van der Waals surface area contributed by atoms with E-state index in [1.807, 2.05) is 6.07 Å². The van der Waals surface area contributed by atoms with Gasteiger partial charge in [0.05, 0.1) is 26.4 Å². The monoisotopic (exact) mass is 339 g/mol. The lowest BCUT2D eigenvalue weighted by molar-refractivity contribution is -0.0403. The van der Waals surface area contributed by atoms with Crippen LogP contribution in [0.15, 0.2) is 54.6 Å². The van der Waals surface area contributed by atoms with E-state index in [1.54, 1.807) is 19.2 Å². The van der Waals surface area contributed by atoms with Gasteiger partial charge in [0.1, 0.15) is 11.6 Å². The lowest BCUT2D eigenvalue weighted by Gasteiger charge is -2.45. The Labute approximate surface area is 147 Å². The lowest BCUT2D eigenvalue weighted by Crippen LogP contribution is -2.53. The lowest BCUT2D eigenvalue weighted by atomic mass is 9.89. The summed E-state index contributed by atoms with van der Waals surface area (Å²) < 4.78 is 25.0. The zero-order valence-electron chi connectivity index (χ0n) is 14.3. The molecule has 1 fully saturated rings. The molecule has 2 aromatic rings. The highest BCUT2D eigenvalue weighted by Gasteiger charge is 2.35. The van der Waals surface area contributed by atoms with Crippen molar-refractivity contribution in [2.45, 2.75) is 25.0 Å². The molecule has 2 heterocycles. The van der Waals surface area contributed by atoms with Gasteiger partial charge in [0.25, 0.3) is 0 Å². The van der Waals surface area contributed by atoms with Crippen LogP contribution in [0.3, 0.4) is 0 Å². The van der Waals surface area contributed by atoms with Crippen molar-refractivity contribution in [1.29, 1.82) is 0 Å². The molecule has 0 radical (unpaired) electrons. The number of hydrogen-bond donors (Lipinski definition) is 0. The fourth-order valence-electron chi connectivity index (χ4n) is 3.83. The summed E-state index contributed by atoms with van der Waals surface area (Å²) in [6.45, 7) is 2.28. The quantitative estimate of drug-likeness (QED) is 0.843. The zero-order valence-corrected chi connectivity index (χ0v) is 14.3. The average molecular weight is 339 g/mol. The van der Waals surface area contributed by atoms with Crippen LogP contribution in [0, 0.1) is 5.82 Å². The fourth-order valence-corrected chi connectivity index (χ4v) is 3.83. The third kappa shape index (κ3) is 3.32. The maximum atomic E-state index is 13.8. The first kappa shape index (κ1) is 16.3. The number of methoxy groups -OCH3 is 1. The molecule has 0 saturated carbocycles. The van der Waals surface area contributed by atoms with Gasteiger partial charge in [-0.25, -0.2) is 4.39 Å². The normalized spacial score (nSPS) is 23.2. The van der Waals surface area contributed by atoms with E-state index >= 15 is 0 Å². The molecule has 4 heteroatoms. The molecule has 4 rings (SSSR count). The van der Waals surface area contributed by atoms with Crippen molar-refractivity contribution in [3.05, 3.63) is 71.6 Å². The van der Waals surface area contributed by atoms with E-state index in [4.69, 9.17) is 9.47 Å². The Kier molecular flexibility index (Phi) is 4.55. The Morgan fingerprint density at radius 2 is 2.00 bits per heavy atom. The molecule has 2 aromatic carbocycles. The van der Waals surface area contributed by atoms with Crippen molar-refractivity contribution in [1.82, 2.24) is 4.90 Å². The highest BCUT2D eigenvalue weighted by atomic mass is 19.1. The summed E-state index contributed by atoms with van der Waals surface area (Å²) in [5.41, 5.74) is 3.32. The van der Waals surface area contributed by atoms with E-state index in [2.05, 4.69) is 35.2 Å². The van der Waals surface area contributed by atoms with Crippen molar-refractivity contribution < 1.29 is 13.9 Å². The predicted molar refractivity (Wildman–Crippen MR) is 95.9 cm³/mol. The molecule has 0 spiro atoms. The third-order valence-corrected chi connectivity index (χ3v) is 5.06. The number of nitrogens with zero attached hydrogens (tertiary/aromatic N) is 1. The Morgan fingerprint density at radius 3 is 2.76 bits per heavy atom. The number of rotatable bonds is 4. The molecule has 3 nitrogen and oxygen atoms in total. The minimum atomic E-state index is -0.232. The maximum Gasteiger partial charge on any atom is 0.126 e. The number of halogens is 1. The summed E-state index contributed by atoms with van der Waals surface area (Å²) in [7, 11) is 1.63. The number of morpholine rings is 1. The molecule has 130 valence electrons. The van der Waals surface area contributed by atoms with Crippen molar-refractivity contribution in [3.8, 4) is 5.75 Å². The summed E-state index contributed by atoms with van der Waals surface area (Å²) in [6.07, 6.45) is 3.05. The second-order valence-corrected chi connectivity index (χ2v) is 6.66. The molecule has 2 unspecified atom stereocenters. The van der Waals surface area contributed by atoms with Gasteiger partial charge < -0.3 is 9.47 Å². The molecule has 2 atom stereocenters. The van der Waals surface area contributed by atoms with E-state index in [9.17, 15) is 4.39 Å². The average Bonchev–Trinajstić information content (AvgIpc) is 2.62. The Hall–Kier alpha value is -2.17. The van der Waals surface area contributed by atoms with Crippen LogP contribution in [-0.4, -0.2) is 37.3 Å². The molecule has 1 saturated heterocycles. The van der Waals surface area contributed by atoms with Crippen molar-refractivity contribution in [3.63, 3.8) is 0 Å². The van der Waals surface area contributed by atoms with Crippen molar-refractivity contribution in [2.75, 3.05) is 20.3 Å². The number of ether oxygens (including phenoxy) is 2. The predicted octanol–water partition coefficient (Wildman–Crippen LogP) is 3.89. The van der Waals surface area contributed by atoms with Crippen LogP contribution >= 0.6 is 0 Å². The summed E-state index contributed by atoms with van der Waals surface area (Å²) in [5, 5.41) is 0. The van der Waals surface area contributed by atoms with Crippen LogP contribution in [0.2, 0.25) is 0 Å². The van der Waals surface area contributed by atoms with Gasteiger partial charge in [-0.3, -0.25) is 4.90 Å². The topological polar surface area (TPSA) is 21.7 Å². The van der Waals surface area contributed by atoms with Gasteiger partial charge in [0.2, 0.25) is 0 Å². The molecular formula is C21H22FNO2. The minimum Gasteiger partial charge on any atom is -0.496 e. The third-order valence-electron chi connectivity index (χ3n) is 5.06. The molecular weight excluding hydrogens is 317 g/mol. The molecule has 0 N–H and O–H groups in total. The van der Waals surface area contributed by atoms with Crippen LogP contribution < -0.4 is 4.74 Å². The molecule has 2 aliphatic heterocycles. The summed E-state index contributed by atoms with van der Waals surface area (Å²) in [6, 6.07) is 15.7. The Morgan fingerprint density at radius 1 is 1.16 bits per heavy atom. The molecule has 0 aliphatic carbocycles. The number of benzene rings is 2. The van der Waals surface area contributed by atoms with E-state index in [-0.39, 0.29) is 11.9 Å². The van der Waals surface area contributed by atoms with Gasteiger partial charge in [0, 0.05) is 18.2 Å². The molecule has 0 amide bonds. The Balaban J connectivity index is 1.64. The highest BCUT2D eigenvalue weighted by Crippen LogP contribution is 2.37. The van der Waals surface area contributed by atoms with Gasteiger partial charge in [0.15, 0.2) is 0 Å². The van der Waals surface area contributed by atoms with Gasteiger partial charge in [-0.15, -0.1) is 0 Å². The van der Waals surface area contributed by atoms with E-state index < -0.39 is 0 Å². The molecule has 2 bridgehead atoms. The second-order valence-electron chi connectivity index (χ2n) is 6.66. The second kappa shape index (κ2) is 6.98. The van der Waals surface area contributed by atoms with Crippen molar-refractivity contribution >= 4 is 5.57 Å². The molecule has 2 aliphatic rings. The SMILES string of the molecule is COc1ccc(F)cc1C1=CC2COCC(C1)N2Cc1ccccc1. The summed E-state index contributed by atoms with van der Waals surface area (Å²) >= 11 is 0. The fraction of sp³-hybridized carbons (Fsp3) is 0.333. The van der Waals surface area contributed by atoms with Crippen LogP contribution in [-0.2, 0) is 11.3 Å². The van der Waals surface area contributed by atoms with Gasteiger partial charge in [-0.1, -0.05) is 36.4 Å². The first-order valence-corrected chi connectivity index (χ1v) is 8.66. The largest absolute Gasteiger partial charge is 0.496 e. The first-order valence-electron chi connectivity index (χ1n) is 8.66. The molecule has 0 aromatic heterocycles. The van der Waals surface area contributed by atoms with Gasteiger partial charge >= 0.3 is 0 Å². The standard InChI is InChI=1S/C21H22FNO2/c1-24-21-8-7-17(22)11-20(21)16-9-18-13-25-14-19(10-16)23(18)12-15-5-3-2-4-6-15/h2-9,11,18-19H,10,12-14H2,1H3. The van der Waals surface area contributed by atoms with Crippen LogP contribution in [0.4, 0.5) is 4.39 Å². The number of fused-ring (bicyclic) bond motifs is 2. The van der Waals surface area contributed by atoms with E-state index in [0.29, 0.717) is 19.3 Å². The Bertz CT molecular complexity index is 775. The van der Waals surface area contributed by atoms with Crippen LogP contribution in [0.25, 0.3) is 5.57 Å². The van der Waals surface area contributed by atoms with Gasteiger partial charge in [-0.05, 0) is 35.8 Å². The smallest absolute Gasteiger partial charge is 0.126 e. The minimum absolute atomic E-state index is 0.204.